The number of nitrogens with one attached hydrogen (secondary N) is 2. The fraction of sp³-hybridized carbons (Fsp3) is 0.600. The molecule has 0 fully saturated rings. The molecule has 0 aromatic carbocycles. The molecular weight excluding hydrogens is 344 g/mol. The van der Waals surface area contributed by atoms with Gasteiger partial charge in [-0.3, -0.25) is 9.48 Å². The number of aromatic nitrogens is 4. The van der Waals surface area contributed by atoms with Crippen LogP contribution in [0.4, 0.5) is 10.8 Å². The van der Waals surface area contributed by atoms with Gasteiger partial charge in [-0.05, 0) is 26.7 Å². The highest BCUT2D eigenvalue weighted by Gasteiger charge is 2.20. The molecule has 0 saturated carbocycles. The van der Waals surface area contributed by atoms with Crippen molar-refractivity contribution in [3.05, 3.63) is 11.4 Å². The van der Waals surface area contributed by atoms with Gasteiger partial charge in [-0.2, -0.15) is 5.10 Å². The number of aryl methyl sites for hydroxylation is 2. The van der Waals surface area contributed by atoms with Crippen LogP contribution in [0.1, 0.15) is 32.2 Å². The van der Waals surface area contributed by atoms with Crippen LogP contribution < -0.4 is 10.6 Å². The number of carbonyl (C=O) groups excluding carboxylic acids is 1. The molecular formula is C15H24N6OS2. The van der Waals surface area contributed by atoms with E-state index in [4.69, 9.17) is 0 Å². The number of thioether (sulfide) groups is 1. The van der Waals surface area contributed by atoms with Crippen molar-refractivity contribution in [2.24, 2.45) is 13.0 Å². The van der Waals surface area contributed by atoms with Crippen molar-refractivity contribution in [1.29, 1.82) is 0 Å². The lowest BCUT2D eigenvalue weighted by Crippen LogP contribution is -2.23. The maximum Gasteiger partial charge on any atom is 0.237 e. The molecule has 2 rings (SSSR count). The molecule has 1 atom stereocenters. The van der Waals surface area contributed by atoms with E-state index < -0.39 is 0 Å². The van der Waals surface area contributed by atoms with Crippen LogP contribution in [0, 0.1) is 19.8 Å². The summed E-state index contributed by atoms with van der Waals surface area (Å²) in [6.07, 6.45) is 0. The molecule has 9 heteroatoms. The van der Waals surface area contributed by atoms with E-state index in [1.54, 1.807) is 4.68 Å². The molecule has 0 unspecified atom stereocenters. The molecule has 2 aromatic heterocycles. The van der Waals surface area contributed by atoms with Gasteiger partial charge in [-0.1, -0.05) is 36.9 Å². The van der Waals surface area contributed by atoms with Gasteiger partial charge < -0.3 is 10.6 Å². The van der Waals surface area contributed by atoms with Crippen LogP contribution in [-0.4, -0.2) is 37.7 Å². The Labute approximate surface area is 150 Å². The normalized spacial score (nSPS) is 12.5. The third-order valence-electron chi connectivity index (χ3n) is 3.47. The molecule has 2 N–H and O–H groups in total. The van der Waals surface area contributed by atoms with Crippen LogP contribution >= 0.6 is 23.1 Å². The fourth-order valence-electron chi connectivity index (χ4n) is 2.00. The summed E-state index contributed by atoms with van der Waals surface area (Å²) in [4.78, 5) is 12.4. The second-order valence-corrected chi connectivity index (χ2v) is 8.63. The van der Waals surface area contributed by atoms with E-state index in [1.165, 1.54) is 23.1 Å². The molecule has 2 aromatic rings. The van der Waals surface area contributed by atoms with E-state index in [0.29, 0.717) is 5.92 Å². The molecule has 24 heavy (non-hydrogen) atoms. The van der Waals surface area contributed by atoms with Crippen LogP contribution in [0.25, 0.3) is 0 Å². The zero-order valence-corrected chi connectivity index (χ0v) is 16.5. The second-order valence-electron chi connectivity index (χ2n) is 6.07. The lowest BCUT2D eigenvalue weighted by molar-refractivity contribution is -0.115. The summed E-state index contributed by atoms with van der Waals surface area (Å²) in [5.41, 5.74) is 2.54. The molecule has 132 valence electrons. The number of hydrogen-bond donors (Lipinski definition) is 2. The standard InChI is InChI=1S/C15H24N6OS2/c1-8(2)7-16-14-18-19-15(24-14)23-11(5)13(22)17-12-9(3)20-21(6)10(12)4/h8,11H,7H2,1-6H3,(H,16,18)(H,17,22)/t11-/m1/s1. The molecule has 0 aliphatic carbocycles. The highest BCUT2D eigenvalue weighted by molar-refractivity contribution is 8.02. The molecule has 0 bridgehead atoms. The molecule has 7 nitrogen and oxygen atoms in total. The average molecular weight is 369 g/mol. The minimum Gasteiger partial charge on any atom is -0.360 e. The first-order chi connectivity index (χ1) is 11.3. The number of rotatable bonds is 7. The predicted molar refractivity (Wildman–Crippen MR) is 99.9 cm³/mol. The van der Waals surface area contributed by atoms with Crippen molar-refractivity contribution in [3.63, 3.8) is 0 Å². The van der Waals surface area contributed by atoms with Crippen molar-refractivity contribution in [1.82, 2.24) is 20.0 Å². The monoisotopic (exact) mass is 368 g/mol. The molecule has 0 aliphatic heterocycles. The molecule has 2 heterocycles. The van der Waals surface area contributed by atoms with E-state index in [9.17, 15) is 4.79 Å². The largest absolute Gasteiger partial charge is 0.360 e. The smallest absolute Gasteiger partial charge is 0.237 e. The fourth-order valence-corrected chi connectivity index (χ4v) is 3.91. The van der Waals surface area contributed by atoms with Crippen LogP contribution in [-0.2, 0) is 11.8 Å². The van der Waals surface area contributed by atoms with Crippen LogP contribution in [0.15, 0.2) is 4.34 Å². The number of nitrogens with zero attached hydrogens (tertiary/aromatic N) is 4. The Kier molecular flexibility index (Phi) is 6.22. The Hall–Kier alpha value is -1.61. The van der Waals surface area contributed by atoms with Gasteiger partial charge in [0.1, 0.15) is 0 Å². The quantitative estimate of drug-likeness (QED) is 0.731. The van der Waals surface area contributed by atoms with Crippen molar-refractivity contribution in [2.45, 2.75) is 44.2 Å². The Morgan fingerprint density at radius 2 is 2.00 bits per heavy atom. The second kappa shape index (κ2) is 7.98. The Morgan fingerprint density at radius 1 is 1.29 bits per heavy atom. The zero-order valence-electron chi connectivity index (χ0n) is 14.9. The summed E-state index contributed by atoms with van der Waals surface area (Å²) in [6, 6.07) is 0. The minimum atomic E-state index is -0.269. The minimum absolute atomic E-state index is 0.0638. The summed E-state index contributed by atoms with van der Waals surface area (Å²) >= 11 is 2.88. The number of carbonyl (C=O) groups is 1. The van der Waals surface area contributed by atoms with Gasteiger partial charge in [0.15, 0.2) is 4.34 Å². The van der Waals surface area contributed by atoms with Gasteiger partial charge in [0.05, 0.1) is 22.3 Å². The first-order valence-corrected chi connectivity index (χ1v) is 9.52. The topological polar surface area (TPSA) is 84.7 Å². The lowest BCUT2D eigenvalue weighted by Gasteiger charge is -2.10. The third kappa shape index (κ3) is 4.70. The maximum atomic E-state index is 12.4. The zero-order chi connectivity index (χ0) is 17.9. The van der Waals surface area contributed by atoms with Crippen molar-refractivity contribution in [2.75, 3.05) is 17.2 Å². The van der Waals surface area contributed by atoms with Crippen LogP contribution in [0.5, 0.6) is 0 Å². The molecule has 0 spiro atoms. The van der Waals surface area contributed by atoms with Crippen molar-refractivity contribution in [3.8, 4) is 0 Å². The van der Waals surface area contributed by atoms with E-state index in [0.717, 1.165) is 33.1 Å². The molecule has 1 amide bonds. The number of amides is 1. The summed E-state index contributed by atoms with van der Waals surface area (Å²) in [6.45, 7) is 10.8. The van der Waals surface area contributed by atoms with Gasteiger partial charge in [0, 0.05) is 13.6 Å². The Bertz CT molecular complexity index is 709. The summed E-state index contributed by atoms with van der Waals surface area (Å²) in [5.74, 6) is 0.478. The maximum absolute atomic E-state index is 12.4. The van der Waals surface area contributed by atoms with E-state index in [-0.39, 0.29) is 11.2 Å². The summed E-state index contributed by atoms with van der Waals surface area (Å²) in [7, 11) is 1.86. The number of anilines is 2. The average Bonchev–Trinajstić information content (AvgIpc) is 3.05. The lowest BCUT2D eigenvalue weighted by atomic mass is 10.2. The summed E-state index contributed by atoms with van der Waals surface area (Å²) < 4.78 is 2.55. The van der Waals surface area contributed by atoms with Crippen molar-refractivity contribution >= 4 is 39.8 Å². The highest BCUT2D eigenvalue weighted by Crippen LogP contribution is 2.30. The predicted octanol–water partition coefficient (Wildman–Crippen LogP) is 3.08. The molecule has 0 radical (unpaired) electrons. The van der Waals surface area contributed by atoms with Gasteiger partial charge in [-0.25, -0.2) is 0 Å². The molecule has 0 aliphatic rings. The van der Waals surface area contributed by atoms with E-state index >= 15 is 0 Å². The van der Waals surface area contributed by atoms with Crippen molar-refractivity contribution < 1.29 is 4.79 Å². The van der Waals surface area contributed by atoms with Gasteiger partial charge in [0.25, 0.3) is 0 Å². The first kappa shape index (κ1) is 18.7. The highest BCUT2D eigenvalue weighted by atomic mass is 32.2. The number of hydrogen-bond acceptors (Lipinski definition) is 7. The Morgan fingerprint density at radius 3 is 2.58 bits per heavy atom. The third-order valence-corrected chi connectivity index (χ3v) is 5.54. The van der Waals surface area contributed by atoms with Gasteiger partial charge in [0.2, 0.25) is 11.0 Å². The van der Waals surface area contributed by atoms with Crippen LogP contribution in [0.2, 0.25) is 0 Å². The Balaban J connectivity index is 1.94. The summed E-state index contributed by atoms with van der Waals surface area (Å²) in [5, 5.41) is 19.3. The van der Waals surface area contributed by atoms with Gasteiger partial charge in [-0.15, -0.1) is 10.2 Å². The SMILES string of the molecule is Cc1nn(C)c(C)c1NC(=O)[C@@H](C)Sc1nnc(NCC(C)C)s1. The van der Waals surface area contributed by atoms with E-state index in [1.807, 2.05) is 27.8 Å². The van der Waals surface area contributed by atoms with E-state index in [2.05, 4.69) is 39.8 Å². The molecule has 0 saturated heterocycles. The van der Waals surface area contributed by atoms with Gasteiger partial charge >= 0.3 is 0 Å². The van der Waals surface area contributed by atoms with Crippen LogP contribution in [0.3, 0.4) is 0 Å². The first-order valence-electron chi connectivity index (χ1n) is 7.83.